The van der Waals surface area contributed by atoms with Crippen molar-refractivity contribution in [3.8, 4) is 29.4 Å². The molecule has 5 atom stereocenters. The molecule has 3 fully saturated rings. The lowest BCUT2D eigenvalue weighted by atomic mass is 9.80. The Kier molecular flexibility index (Phi) is 14.0. The molecule has 368 valence electrons. The van der Waals surface area contributed by atoms with Crippen molar-refractivity contribution in [3.05, 3.63) is 89.4 Å². The Balaban J connectivity index is 0.777. The molecule has 0 aliphatic carbocycles. The lowest BCUT2D eigenvalue weighted by Gasteiger charge is -2.44. The molecule has 4 aliphatic heterocycles. The van der Waals surface area contributed by atoms with E-state index in [0.29, 0.717) is 36.3 Å². The van der Waals surface area contributed by atoms with Gasteiger partial charge in [0.1, 0.15) is 17.8 Å². The number of piperazine rings is 1. The summed E-state index contributed by atoms with van der Waals surface area (Å²) < 4.78 is 0. The number of phenolic OH excluding ortho intramolecular Hbond substituents is 1. The Bertz CT molecular complexity index is 2720. The third-order valence-electron chi connectivity index (χ3n) is 15.0. The fourth-order valence-corrected chi connectivity index (χ4v) is 10.8. The molecule has 0 saturated carbocycles. The number of carbonyl (C=O) groups is 3. The number of carbonyl (C=O) groups excluding carboxylic acids is 3. The first-order valence-corrected chi connectivity index (χ1v) is 24.5. The van der Waals surface area contributed by atoms with E-state index < -0.39 is 35.4 Å². The number of aliphatic hydroxyl groups excluding tert-OH is 2. The van der Waals surface area contributed by atoms with Crippen LogP contribution >= 0.6 is 0 Å². The number of nitrogens with zero attached hydrogens (tertiary/aromatic N) is 9. The molecule has 4 aliphatic rings. The van der Waals surface area contributed by atoms with E-state index in [1.807, 2.05) is 63.5 Å². The van der Waals surface area contributed by atoms with Crippen LogP contribution in [0.1, 0.15) is 87.8 Å². The monoisotopic (exact) mass is 953 g/mol. The second kappa shape index (κ2) is 20.3. The van der Waals surface area contributed by atoms with Crippen LogP contribution in [0.3, 0.4) is 0 Å². The number of aromatic amines is 1. The average Bonchev–Trinajstić information content (AvgIpc) is 3.96. The van der Waals surface area contributed by atoms with Gasteiger partial charge in [0.05, 0.1) is 42.0 Å². The van der Waals surface area contributed by atoms with Gasteiger partial charge >= 0.3 is 6.03 Å². The summed E-state index contributed by atoms with van der Waals surface area (Å²) in [6, 6.07) is 14.0. The van der Waals surface area contributed by atoms with E-state index in [4.69, 9.17) is 16.4 Å². The average molecular weight is 953 g/mol. The molecule has 0 unspecified atom stereocenters. The summed E-state index contributed by atoms with van der Waals surface area (Å²) in [5.74, 6) is 2.54. The maximum atomic E-state index is 14.5. The van der Waals surface area contributed by atoms with Crippen LogP contribution in [0.5, 0.6) is 5.75 Å². The minimum absolute atomic E-state index is 0.0229. The fourth-order valence-electron chi connectivity index (χ4n) is 10.8. The van der Waals surface area contributed by atoms with Crippen LogP contribution in [-0.4, -0.2) is 156 Å². The second-order valence-electron chi connectivity index (χ2n) is 19.9. The molecule has 7 heterocycles. The summed E-state index contributed by atoms with van der Waals surface area (Å²) in [6.45, 7) is 12.5. The smallest absolute Gasteiger partial charge is 0.318 e. The van der Waals surface area contributed by atoms with E-state index in [9.17, 15) is 29.7 Å². The van der Waals surface area contributed by atoms with Gasteiger partial charge in [0, 0.05) is 106 Å². The number of terminal acetylenes is 1. The van der Waals surface area contributed by atoms with Crippen molar-refractivity contribution < 1.29 is 29.7 Å². The van der Waals surface area contributed by atoms with Gasteiger partial charge in [-0.25, -0.2) is 14.8 Å². The minimum atomic E-state index is -1.05. The van der Waals surface area contributed by atoms with E-state index in [1.165, 1.54) is 4.90 Å². The zero-order chi connectivity index (χ0) is 49.3. The van der Waals surface area contributed by atoms with E-state index >= 15 is 0 Å². The highest BCUT2D eigenvalue weighted by molar-refractivity contribution is 5.93. The van der Waals surface area contributed by atoms with Crippen molar-refractivity contribution in [2.45, 2.75) is 96.1 Å². The number of urea groups is 1. The summed E-state index contributed by atoms with van der Waals surface area (Å²) >= 11 is 0. The zero-order valence-corrected chi connectivity index (χ0v) is 40.4. The first kappa shape index (κ1) is 48.2. The standard InChI is InChI=1S/C52H64N12O6/c1-6-34-11-13-35(14-12-34)32(2)55-48(68)43-27-38(66)31-64(43)49(69)46(52(4,5)18-26-65)57-51(70)62-19-15-36(16-20-62)60-22-24-61(25-23-60)37-29-53-50(54-30-37)63-21-17-41-45(33(63)3)40-28-42(58-59-47(40)56-41)39-9-7-8-10-44(39)67/h1,7-14,28-30,32-33,36,38,43,46,65-67H,15-27,31H2,2-5H3,(H,55,68)(H,56,59)(H,57,70)/t32-,33+,38+,43-,46+/m0/s1. The number of hydrogen-bond acceptors (Lipinski definition) is 13. The van der Waals surface area contributed by atoms with Crippen molar-refractivity contribution in [3.63, 3.8) is 0 Å². The van der Waals surface area contributed by atoms with Crippen LogP contribution in [0, 0.1) is 17.8 Å². The van der Waals surface area contributed by atoms with Crippen molar-refractivity contribution in [2.75, 3.05) is 68.8 Å². The molecule has 3 aromatic heterocycles. The number of piperidine rings is 1. The number of aromatic hydroxyl groups is 1. The van der Waals surface area contributed by atoms with Gasteiger partial charge in [-0.05, 0) is 74.4 Å². The SMILES string of the molecule is C#Cc1ccc([C@H](C)NC(=O)[C@@H]2C[C@@H](O)CN2C(=O)[C@@H](NC(=O)N2CCC(N3CCN(c4cnc(N5CCc6[nH]c7nnc(-c8ccccc8O)cc7c6[C@H]5C)nc4)CC3)CC2)C(C)(C)CCO)cc1. The molecule has 18 heteroatoms. The Hall–Kier alpha value is -6.81. The molecule has 70 heavy (non-hydrogen) atoms. The molecule has 0 spiro atoms. The number of β-amino-alcohol motifs (C(OH)–C–C–N with tert-alkyl or cyclic N) is 1. The van der Waals surface area contributed by atoms with Gasteiger partial charge in [0.2, 0.25) is 17.8 Å². The fraction of sp³-hybridized carbons (Fsp3) is 0.481. The van der Waals surface area contributed by atoms with Crippen molar-refractivity contribution in [2.24, 2.45) is 5.41 Å². The Morgan fingerprint density at radius 2 is 1.67 bits per heavy atom. The number of likely N-dealkylation sites (tertiary alicyclic amines) is 2. The summed E-state index contributed by atoms with van der Waals surface area (Å²) in [5.41, 5.74) is 5.89. The molecular formula is C52H64N12O6. The van der Waals surface area contributed by atoms with Gasteiger partial charge in [0.15, 0.2) is 5.65 Å². The quantitative estimate of drug-likeness (QED) is 0.0971. The summed E-state index contributed by atoms with van der Waals surface area (Å²) in [4.78, 5) is 65.5. The first-order valence-electron chi connectivity index (χ1n) is 24.5. The van der Waals surface area contributed by atoms with Gasteiger partial charge in [0.25, 0.3) is 0 Å². The number of hydrogen-bond donors (Lipinski definition) is 6. The molecule has 6 N–H and O–H groups in total. The third kappa shape index (κ3) is 9.83. The number of anilines is 2. The topological polar surface area (TPSA) is 220 Å². The zero-order valence-electron chi connectivity index (χ0n) is 40.4. The van der Waals surface area contributed by atoms with E-state index in [1.54, 1.807) is 29.2 Å². The van der Waals surface area contributed by atoms with Gasteiger partial charge in [-0.1, -0.05) is 44.0 Å². The van der Waals surface area contributed by atoms with Crippen molar-refractivity contribution in [1.29, 1.82) is 0 Å². The number of aliphatic hydroxyl groups is 2. The molecule has 9 rings (SSSR count). The molecule has 2 aromatic carbocycles. The minimum Gasteiger partial charge on any atom is -0.507 e. The normalized spacial score (nSPS) is 21.0. The Labute approximate surface area is 408 Å². The van der Waals surface area contributed by atoms with E-state index in [2.05, 4.69) is 53.4 Å². The Morgan fingerprint density at radius 1 is 0.957 bits per heavy atom. The predicted molar refractivity (Wildman–Crippen MR) is 266 cm³/mol. The highest BCUT2D eigenvalue weighted by Gasteiger charge is 2.46. The number of nitrogens with one attached hydrogen (secondary N) is 3. The lowest BCUT2D eigenvalue weighted by molar-refractivity contribution is -0.142. The molecule has 0 radical (unpaired) electrons. The molecule has 5 aromatic rings. The van der Waals surface area contributed by atoms with Gasteiger partial charge in [-0.2, -0.15) is 0 Å². The second-order valence-corrected chi connectivity index (χ2v) is 19.9. The van der Waals surface area contributed by atoms with Crippen LogP contribution < -0.4 is 20.4 Å². The van der Waals surface area contributed by atoms with Crippen molar-refractivity contribution in [1.82, 2.24) is 50.5 Å². The van der Waals surface area contributed by atoms with Crippen LogP contribution in [0.25, 0.3) is 22.3 Å². The largest absolute Gasteiger partial charge is 0.507 e. The first-order chi connectivity index (χ1) is 33.7. The van der Waals surface area contributed by atoms with Gasteiger partial charge in [-0.3, -0.25) is 14.5 Å². The van der Waals surface area contributed by atoms with Crippen LogP contribution in [-0.2, 0) is 16.0 Å². The summed E-state index contributed by atoms with van der Waals surface area (Å²) in [6.07, 6.45) is 11.1. The van der Waals surface area contributed by atoms with Crippen LogP contribution in [0.4, 0.5) is 16.4 Å². The maximum absolute atomic E-state index is 14.5. The number of fused-ring (bicyclic) bond motifs is 3. The third-order valence-corrected chi connectivity index (χ3v) is 15.0. The van der Waals surface area contributed by atoms with Crippen LogP contribution in [0.15, 0.2) is 67.0 Å². The summed E-state index contributed by atoms with van der Waals surface area (Å²) in [5, 5.41) is 47.1. The number of amides is 4. The summed E-state index contributed by atoms with van der Waals surface area (Å²) in [7, 11) is 0. The highest BCUT2D eigenvalue weighted by Crippen LogP contribution is 2.39. The van der Waals surface area contributed by atoms with E-state index in [-0.39, 0.29) is 49.9 Å². The predicted octanol–water partition coefficient (Wildman–Crippen LogP) is 4.14. The molecule has 18 nitrogen and oxygen atoms in total. The number of rotatable bonds is 12. The number of para-hydroxylation sites is 1. The number of aromatic nitrogens is 5. The molecule has 4 amide bonds. The van der Waals surface area contributed by atoms with E-state index in [0.717, 1.165) is 91.1 Å². The highest BCUT2D eigenvalue weighted by atomic mass is 16.3. The van der Waals surface area contributed by atoms with Gasteiger partial charge < -0.3 is 50.5 Å². The van der Waals surface area contributed by atoms with Crippen molar-refractivity contribution >= 4 is 40.5 Å². The number of benzene rings is 2. The molecular weight excluding hydrogens is 889 g/mol. The lowest BCUT2D eigenvalue weighted by Crippen LogP contribution is -2.61. The molecule has 3 saturated heterocycles. The number of H-pyrrole nitrogens is 1. The Morgan fingerprint density at radius 3 is 2.36 bits per heavy atom. The van der Waals surface area contributed by atoms with Gasteiger partial charge in [-0.15, -0.1) is 16.6 Å². The van der Waals surface area contributed by atoms with Crippen LogP contribution in [0.2, 0.25) is 0 Å². The maximum Gasteiger partial charge on any atom is 0.318 e. The number of phenols is 1. The molecule has 0 bridgehead atoms.